The normalized spacial score (nSPS) is 18.6. The predicted molar refractivity (Wildman–Crippen MR) is 134 cm³/mol. The summed E-state index contributed by atoms with van der Waals surface area (Å²) in [5.74, 6) is 0.780. The molecule has 2 fully saturated rings. The number of methoxy groups -OCH3 is 2. The molecule has 2 heterocycles. The first kappa shape index (κ1) is 30.3. The van der Waals surface area contributed by atoms with Crippen LogP contribution in [0.2, 0.25) is 0 Å². The Morgan fingerprint density at radius 1 is 1.09 bits per heavy atom. The van der Waals surface area contributed by atoms with Crippen molar-refractivity contribution in [3.8, 4) is 5.75 Å². The number of amides is 1. The van der Waals surface area contributed by atoms with Gasteiger partial charge in [-0.1, -0.05) is 13.8 Å². The molecule has 0 bridgehead atoms. The lowest BCUT2D eigenvalue weighted by atomic mass is 10.1. The van der Waals surface area contributed by atoms with Gasteiger partial charge in [-0.05, 0) is 57.6 Å². The summed E-state index contributed by atoms with van der Waals surface area (Å²) < 4.78 is 42.0. The van der Waals surface area contributed by atoms with Gasteiger partial charge in [-0.2, -0.15) is 4.31 Å². The van der Waals surface area contributed by atoms with Crippen molar-refractivity contribution < 1.29 is 27.4 Å². The molecule has 1 amide bonds. The fourth-order valence-corrected chi connectivity index (χ4v) is 5.78. The van der Waals surface area contributed by atoms with Crippen molar-refractivity contribution in [2.75, 3.05) is 74.3 Å². The second kappa shape index (κ2) is 14.6. The maximum atomic E-state index is 12.7. The molecule has 196 valence electrons. The van der Waals surface area contributed by atoms with Gasteiger partial charge >= 0.3 is 0 Å². The molecule has 2 aliphatic rings. The monoisotopic (exact) mass is 501 g/mol. The third-order valence-electron chi connectivity index (χ3n) is 5.75. The summed E-state index contributed by atoms with van der Waals surface area (Å²) in [6.07, 6.45) is 1.07. The van der Waals surface area contributed by atoms with Crippen molar-refractivity contribution in [2.45, 2.75) is 45.1 Å². The fourth-order valence-electron chi connectivity index (χ4n) is 3.96. The maximum absolute atomic E-state index is 12.7. The van der Waals surface area contributed by atoms with Gasteiger partial charge in [0.1, 0.15) is 12.4 Å². The number of hydrogen-bond donors (Lipinski definition) is 0. The highest BCUT2D eigenvalue weighted by atomic mass is 32.2. The molecule has 2 saturated heterocycles. The highest BCUT2D eigenvalue weighted by Gasteiger charge is 2.29. The highest BCUT2D eigenvalue weighted by Crippen LogP contribution is 2.28. The van der Waals surface area contributed by atoms with Crippen LogP contribution in [0.5, 0.6) is 5.75 Å². The Labute approximate surface area is 206 Å². The van der Waals surface area contributed by atoms with Crippen molar-refractivity contribution in [3.05, 3.63) is 23.3 Å². The maximum Gasteiger partial charge on any atom is 0.248 e. The second-order valence-corrected chi connectivity index (χ2v) is 10.2. The molecule has 0 aromatic heterocycles. The van der Waals surface area contributed by atoms with E-state index in [0.717, 1.165) is 19.5 Å². The van der Waals surface area contributed by atoms with Gasteiger partial charge < -0.3 is 24.0 Å². The first-order valence-corrected chi connectivity index (χ1v) is 13.2. The highest BCUT2D eigenvalue weighted by molar-refractivity contribution is 7.89. The second-order valence-electron chi connectivity index (χ2n) is 8.29. The molecule has 1 aromatic rings. The van der Waals surface area contributed by atoms with Gasteiger partial charge in [-0.25, -0.2) is 8.42 Å². The zero-order valence-corrected chi connectivity index (χ0v) is 22.9. The van der Waals surface area contributed by atoms with E-state index < -0.39 is 10.0 Å². The minimum atomic E-state index is -3.45. The van der Waals surface area contributed by atoms with E-state index in [1.165, 1.54) is 4.31 Å². The Morgan fingerprint density at radius 3 is 2.09 bits per heavy atom. The molecule has 2 aliphatic heterocycles. The molecule has 3 rings (SSSR count). The molecule has 0 radical (unpaired) electrons. The number of likely N-dealkylation sites (tertiary alicyclic amines) is 1. The molecular weight excluding hydrogens is 458 g/mol. The minimum absolute atomic E-state index is 0.104. The predicted octanol–water partition coefficient (Wildman–Crippen LogP) is 2.15. The SMILES string of the molecule is CC.COCC(=O)N1CCC(N(C)C)C1.COc1cc(C)c(S(=O)(=O)N2CCOCC2)c(C)c1. The third-order valence-corrected chi connectivity index (χ3v) is 7.96. The van der Waals surface area contributed by atoms with Crippen LogP contribution in [0, 0.1) is 13.8 Å². The van der Waals surface area contributed by atoms with Crippen LogP contribution in [-0.2, 0) is 24.3 Å². The van der Waals surface area contributed by atoms with Crippen molar-refractivity contribution in [2.24, 2.45) is 0 Å². The van der Waals surface area contributed by atoms with Crippen molar-refractivity contribution >= 4 is 15.9 Å². The number of carbonyl (C=O) groups is 1. The number of carbonyl (C=O) groups excluding carboxylic acids is 1. The number of rotatable bonds is 6. The summed E-state index contributed by atoms with van der Waals surface area (Å²) in [7, 11) is 3.78. The van der Waals surface area contributed by atoms with E-state index >= 15 is 0 Å². The summed E-state index contributed by atoms with van der Waals surface area (Å²) in [4.78, 5) is 15.8. The summed E-state index contributed by atoms with van der Waals surface area (Å²) >= 11 is 0. The Bertz CT molecular complexity index is 846. The van der Waals surface area contributed by atoms with Gasteiger partial charge in [0.05, 0.1) is 25.2 Å². The number of sulfonamides is 1. The van der Waals surface area contributed by atoms with E-state index in [1.54, 1.807) is 40.2 Å². The van der Waals surface area contributed by atoms with E-state index in [9.17, 15) is 13.2 Å². The van der Waals surface area contributed by atoms with Crippen LogP contribution in [0.1, 0.15) is 31.4 Å². The summed E-state index contributed by atoms with van der Waals surface area (Å²) in [5.41, 5.74) is 1.42. The molecule has 0 saturated carbocycles. The van der Waals surface area contributed by atoms with Gasteiger partial charge in [0, 0.05) is 39.3 Å². The van der Waals surface area contributed by atoms with Crippen LogP contribution < -0.4 is 4.74 Å². The summed E-state index contributed by atoms with van der Waals surface area (Å²) in [5, 5.41) is 0. The molecule has 1 aromatic carbocycles. The molecule has 1 atom stereocenters. The van der Waals surface area contributed by atoms with Crippen molar-refractivity contribution in [1.82, 2.24) is 14.1 Å². The fraction of sp³-hybridized carbons (Fsp3) is 0.708. The van der Waals surface area contributed by atoms with E-state index in [0.29, 0.717) is 54.1 Å². The Morgan fingerprint density at radius 2 is 1.65 bits per heavy atom. The number of hydrogen-bond acceptors (Lipinski definition) is 7. The van der Waals surface area contributed by atoms with E-state index in [4.69, 9.17) is 14.2 Å². The number of morpholine rings is 1. The Kier molecular flexibility index (Phi) is 13.0. The number of likely N-dealkylation sites (N-methyl/N-ethyl adjacent to an activating group) is 1. The van der Waals surface area contributed by atoms with E-state index in [1.807, 2.05) is 18.7 Å². The molecule has 0 aliphatic carbocycles. The number of nitrogens with zero attached hydrogens (tertiary/aromatic N) is 3. The zero-order valence-electron chi connectivity index (χ0n) is 22.1. The smallest absolute Gasteiger partial charge is 0.248 e. The topological polar surface area (TPSA) is 88.6 Å². The minimum Gasteiger partial charge on any atom is -0.497 e. The van der Waals surface area contributed by atoms with Crippen LogP contribution in [-0.4, -0.2) is 109 Å². The Hall–Kier alpha value is -1.72. The van der Waals surface area contributed by atoms with Crippen LogP contribution in [0.15, 0.2) is 17.0 Å². The molecule has 10 heteroatoms. The zero-order chi connectivity index (χ0) is 25.9. The van der Waals surface area contributed by atoms with Gasteiger partial charge in [-0.15, -0.1) is 0 Å². The average Bonchev–Trinajstić information content (AvgIpc) is 3.32. The molecular formula is C24H43N3O6S. The number of benzene rings is 1. The van der Waals surface area contributed by atoms with Gasteiger partial charge in [0.25, 0.3) is 0 Å². The van der Waals surface area contributed by atoms with Gasteiger partial charge in [-0.3, -0.25) is 4.79 Å². The molecule has 0 spiro atoms. The van der Waals surface area contributed by atoms with E-state index in [-0.39, 0.29) is 12.5 Å². The number of ether oxygens (including phenoxy) is 3. The number of aryl methyl sites for hydroxylation is 2. The van der Waals surface area contributed by atoms with Gasteiger partial charge in [0.2, 0.25) is 15.9 Å². The molecule has 9 nitrogen and oxygen atoms in total. The first-order chi connectivity index (χ1) is 16.1. The largest absolute Gasteiger partial charge is 0.497 e. The van der Waals surface area contributed by atoms with E-state index in [2.05, 4.69) is 19.0 Å². The van der Waals surface area contributed by atoms with Gasteiger partial charge in [0.15, 0.2) is 0 Å². The average molecular weight is 502 g/mol. The van der Waals surface area contributed by atoms with Crippen LogP contribution in [0.3, 0.4) is 0 Å². The van der Waals surface area contributed by atoms with Crippen LogP contribution >= 0.6 is 0 Å². The lowest BCUT2D eigenvalue weighted by molar-refractivity contribution is -0.134. The van der Waals surface area contributed by atoms with Crippen molar-refractivity contribution in [1.29, 1.82) is 0 Å². The lowest BCUT2D eigenvalue weighted by Gasteiger charge is -2.27. The quantitative estimate of drug-likeness (QED) is 0.590. The van der Waals surface area contributed by atoms with Crippen LogP contribution in [0.4, 0.5) is 0 Å². The standard InChI is InChI=1S/C13H19NO4S.C9H18N2O2.C2H6/c1-10-8-12(17-3)9-11(2)13(10)19(15,16)14-4-6-18-7-5-14;1-10(2)8-4-5-11(6-8)9(12)7-13-3;1-2/h8-9H,4-7H2,1-3H3;8H,4-7H2,1-3H3;1-2H3. The summed E-state index contributed by atoms with van der Waals surface area (Å²) in [6, 6.07) is 4.02. The summed E-state index contributed by atoms with van der Waals surface area (Å²) in [6.45, 7) is 11.2. The first-order valence-electron chi connectivity index (χ1n) is 11.8. The molecule has 1 unspecified atom stereocenters. The molecule has 0 N–H and O–H groups in total. The van der Waals surface area contributed by atoms with Crippen LogP contribution in [0.25, 0.3) is 0 Å². The third kappa shape index (κ3) is 8.20. The molecule has 34 heavy (non-hydrogen) atoms. The Balaban J connectivity index is 0.000000337. The van der Waals surface area contributed by atoms with Crippen molar-refractivity contribution in [3.63, 3.8) is 0 Å². The lowest BCUT2D eigenvalue weighted by Crippen LogP contribution is -2.41.